The lowest BCUT2D eigenvalue weighted by atomic mass is 9.19. The second-order valence-electron chi connectivity index (χ2n) is 5.49. The smallest absolute Gasteiger partial charge is 0.283 e. The summed E-state index contributed by atoms with van der Waals surface area (Å²) in [6.45, 7) is 0. The monoisotopic (exact) mass is 271 g/mol. The third-order valence-corrected chi connectivity index (χ3v) is 5.02. The van der Waals surface area contributed by atoms with Crippen molar-refractivity contribution in [1.29, 1.82) is 0 Å². The van der Waals surface area contributed by atoms with Gasteiger partial charge in [-0.3, -0.25) is 4.79 Å². The van der Waals surface area contributed by atoms with Crippen LogP contribution in [0.4, 0.5) is 0 Å². The first kappa shape index (κ1) is 14.2. The van der Waals surface area contributed by atoms with Gasteiger partial charge in [0.1, 0.15) is 7.85 Å². The molecule has 2 aliphatic rings. The molecule has 2 nitrogen and oxygen atoms in total. The number of carbonyl (C=O) groups is 1. The molecule has 3 rings (SSSR count). The Morgan fingerprint density at radius 3 is 2.45 bits per heavy atom. The maximum absolute atomic E-state index is 12.6. The lowest BCUT2D eigenvalue weighted by Crippen LogP contribution is -2.62. The van der Waals surface area contributed by atoms with E-state index < -0.39 is 27.9 Å². The first-order chi connectivity index (χ1) is 9.18. The predicted molar refractivity (Wildman–Crippen MR) is 85.0 cm³/mol. The minimum absolute atomic E-state index is 0.0980. The maximum Gasteiger partial charge on any atom is 0.283 e. The van der Waals surface area contributed by atoms with E-state index in [1.165, 1.54) is 6.08 Å². The van der Waals surface area contributed by atoms with Crippen molar-refractivity contribution in [2.75, 3.05) is 0 Å². The van der Waals surface area contributed by atoms with Crippen molar-refractivity contribution >= 4 is 60.2 Å². The Morgan fingerprint density at radius 1 is 1.20 bits per heavy atom. The molecule has 0 saturated carbocycles. The number of halogens is 1. The molecule has 8 radical (unpaired) electrons. The van der Waals surface area contributed by atoms with Crippen LogP contribution in [0.1, 0.15) is 5.56 Å². The number of ketones is 1. The van der Waals surface area contributed by atoms with E-state index in [9.17, 15) is 4.79 Å². The van der Waals surface area contributed by atoms with E-state index in [1.807, 2.05) is 0 Å². The summed E-state index contributed by atoms with van der Waals surface area (Å²) >= 11 is 6.46. The summed E-state index contributed by atoms with van der Waals surface area (Å²) in [5.41, 5.74) is 5.80. The van der Waals surface area contributed by atoms with Crippen molar-refractivity contribution in [3.8, 4) is 0 Å². The summed E-state index contributed by atoms with van der Waals surface area (Å²) in [5, 5.41) is -3.17. The third kappa shape index (κ3) is 1.29. The summed E-state index contributed by atoms with van der Waals surface area (Å²) in [5.74, 6) is -0.512. The highest BCUT2D eigenvalue weighted by molar-refractivity contribution is 7.20. The van der Waals surface area contributed by atoms with Crippen LogP contribution < -0.4 is 11.2 Å². The van der Waals surface area contributed by atoms with E-state index in [1.54, 1.807) is 24.3 Å². The fourth-order valence-corrected chi connectivity index (χ4v) is 3.84. The quantitative estimate of drug-likeness (QED) is 0.630. The molecule has 1 aliphatic carbocycles. The first-order valence-electron chi connectivity index (χ1n) is 6.10. The number of benzene rings is 1. The van der Waals surface area contributed by atoms with E-state index in [0.717, 1.165) is 0 Å². The van der Waals surface area contributed by atoms with Gasteiger partial charge in [-0.2, -0.15) is 11.5 Å². The lowest BCUT2D eigenvalue weighted by Gasteiger charge is -2.55. The van der Waals surface area contributed by atoms with Crippen LogP contribution >= 0.6 is 11.5 Å². The molecular formula is C12H7B5ClNO. The van der Waals surface area contributed by atoms with Crippen LogP contribution in [-0.4, -0.2) is 43.3 Å². The lowest BCUT2D eigenvalue weighted by molar-refractivity contribution is -0.121. The molecule has 1 aromatic carbocycles. The highest BCUT2D eigenvalue weighted by Crippen LogP contribution is 2.64. The van der Waals surface area contributed by atoms with Gasteiger partial charge in [0.2, 0.25) is 0 Å². The average molecular weight is 271 g/mol. The second-order valence-corrected chi connectivity index (χ2v) is 5.93. The minimum atomic E-state index is -1.64. The Kier molecular flexibility index (Phi) is 2.76. The van der Waals surface area contributed by atoms with Crippen molar-refractivity contribution in [1.82, 2.24) is 0 Å². The van der Waals surface area contributed by atoms with Gasteiger partial charge in [0, 0.05) is 0 Å². The molecule has 20 heavy (non-hydrogen) atoms. The van der Waals surface area contributed by atoms with Crippen molar-refractivity contribution in [2.24, 2.45) is 5.73 Å². The van der Waals surface area contributed by atoms with E-state index in [4.69, 9.17) is 48.6 Å². The van der Waals surface area contributed by atoms with Gasteiger partial charge in [0.25, 0.3) is 6.13 Å². The van der Waals surface area contributed by atoms with E-state index in [2.05, 4.69) is 0 Å². The van der Waals surface area contributed by atoms with Crippen LogP contribution in [0.15, 0.2) is 35.8 Å². The number of Topliss-reactive ketones (excluding diaryl/α,β-unsaturated/α-hetero) is 1. The number of allylic oxidation sites excluding steroid dienone is 1. The maximum atomic E-state index is 12.6. The van der Waals surface area contributed by atoms with Gasteiger partial charge in [-0.15, -0.1) is 0 Å². The fourth-order valence-electron chi connectivity index (χ4n) is 3.29. The molecule has 0 amide bonds. The van der Waals surface area contributed by atoms with Gasteiger partial charge < -0.3 is 5.73 Å². The highest BCUT2D eigenvalue weighted by Gasteiger charge is 2.68. The number of fused-ring (bicyclic) bond motifs is 3. The van der Waals surface area contributed by atoms with Gasteiger partial charge in [-0.05, 0) is 10.8 Å². The zero-order chi connectivity index (χ0) is 14.9. The van der Waals surface area contributed by atoms with Crippen LogP contribution in [0, 0.1) is 0 Å². The molecule has 1 aliphatic heterocycles. The standard InChI is InChI=1S/C12H7B5ClNO/c13-7-5-10(14,15)12(16)11(19,9(7)20)6-3-1-2-4-8(6)17(12)18/h1-5H,19H2. The van der Waals surface area contributed by atoms with Crippen LogP contribution in [-0.2, 0) is 10.3 Å². The molecule has 1 aromatic rings. The van der Waals surface area contributed by atoms with Gasteiger partial charge in [-0.25, -0.2) is 0 Å². The van der Waals surface area contributed by atoms with E-state index in [-0.39, 0.29) is 5.47 Å². The van der Waals surface area contributed by atoms with Gasteiger partial charge in [-0.1, -0.05) is 46.5 Å². The normalized spacial score (nSPS) is 34.4. The van der Waals surface area contributed by atoms with Crippen molar-refractivity contribution in [2.45, 2.75) is 16.0 Å². The molecule has 2 atom stereocenters. The summed E-state index contributed by atoms with van der Waals surface area (Å²) < 4.78 is 0. The van der Waals surface area contributed by atoms with Crippen molar-refractivity contribution < 1.29 is 4.79 Å². The molecule has 2 N–H and O–H groups in total. The van der Waals surface area contributed by atoms with Gasteiger partial charge in [0.05, 0.1) is 29.1 Å². The second kappa shape index (κ2) is 3.89. The average Bonchev–Trinajstić information content (AvgIpc) is 2.59. The number of rotatable bonds is 0. The highest BCUT2D eigenvalue weighted by atomic mass is 35.5. The largest absolute Gasteiger partial charge is 0.316 e. The Balaban J connectivity index is 2.42. The van der Waals surface area contributed by atoms with E-state index in [0.29, 0.717) is 11.0 Å². The molecule has 1 heterocycles. The molecule has 0 spiro atoms. The Morgan fingerprint density at radius 2 is 1.80 bits per heavy atom. The predicted octanol–water partition coefficient (Wildman–Crippen LogP) is -0.754. The first-order valence-corrected chi connectivity index (χ1v) is 6.53. The molecule has 2 unspecified atom stereocenters. The number of nitrogens with two attached hydrogens (primary N) is 1. The Hall–Kier alpha value is -0.795. The SMILES string of the molecule is [B]C1=CC([B])([B])C2([B])B(Cl)c3ccccc3C2(N)C1=O. The molecule has 0 bridgehead atoms. The summed E-state index contributed by atoms with van der Waals surface area (Å²) in [6, 6.07) is 6.99. The van der Waals surface area contributed by atoms with Gasteiger partial charge in [0.15, 0.2) is 5.78 Å². The minimum Gasteiger partial charge on any atom is -0.316 e. The third-order valence-electron chi connectivity index (χ3n) is 4.44. The van der Waals surface area contributed by atoms with Crippen LogP contribution in [0.25, 0.3) is 0 Å². The molecule has 88 valence electrons. The summed E-state index contributed by atoms with van der Waals surface area (Å²) in [4.78, 5) is 12.6. The van der Waals surface area contributed by atoms with Gasteiger partial charge >= 0.3 is 0 Å². The number of hydrogen-bond donors (Lipinski definition) is 1. The topological polar surface area (TPSA) is 43.1 Å². The van der Waals surface area contributed by atoms with Crippen molar-refractivity contribution in [3.05, 3.63) is 41.4 Å². The fraction of sp³-hybridized carbons (Fsp3) is 0.250. The number of hydrogen-bond acceptors (Lipinski definition) is 2. The Labute approximate surface area is 128 Å². The molecule has 0 aromatic heterocycles. The Bertz CT molecular complexity index is 663. The van der Waals surface area contributed by atoms with Crippen LogP contribution in [0.2, 0.25) is 10.4 Å². The number of carbonyl (C=O) groups excluding carboxylic acids is 1. The summed E-state index contributed by atoms with van der Waals surface area (Å²) in [7, 11) is 24.3. The molecule has 0 saturated heterocycles. The molecular weight excluding hydrogens is 264 g/mol. The van der Waals surface area contributed by atoms with E-state index >= 15 is 0 Å². The molecule has 0 fully saturated rings. The van der Waals surface area contributed by atoms with Crippen molar-refractivity contribution in [3.63, 3.8) is 0 Å². The zero-order valence-corrected chi connectivity index (χ0v) is 11.4. The summed E-state index contributed by atoms with van der Waals surface area (Å²) in [6.07, 6.45) is 0.439. The molecule has 8 heteroatoms. The van der Waals surface area contributed by atoms with Crippen LogP contribution in [0.3, 0.4) is 0 Å². The van der Waals surface area contributed by atoms with Crippen LogP contribution in [0.5, 0.6) is 0 Å². The zero-order valence-electron chi connectivity index (χ0n) is 10.6.